The molecule has 1 saturated heterocycles. The third-order valence-electron chi connectivity index (χ3n) is 5.86. The SMILES string of the molecule is CCc1cc2ncc(CN3CC(Oc4cnc(C(=O)NC5CC5)c(P)c4)C3)cc2[nH]c1=O. The lowest BCUT2D eigenvalue weighted by Gasteiger charge is -2.38. The maximum absolute atomic E-state index is 12.2. The van der Waals surface area contributed by atoms with Crippen molar-refractivity contribution in [3.63, 3.8) is 0 Å². The number of likely N-dealkylation sites (tertiary alicyclic amines) is 1. The highest BCUT2D eigenvalue weighted by Gasteiger charge is 2.29. The first-order valence-electron chi connectivity index (χ1n) is 10.9. The number of hydrogen-bond donors (Lipinski definition) is 2. The van der Waals surface area contributed by atoms with Gasteiger partial charge in [-0.1, -0.05) is 6.92 Å². The molecule has 0 bridgehead atoms. The normalized spacial score (nSPS) is 16.7. The molecule has 1 aliphatic carbocycles. The van der Waals surface area contributed by atoms with E-state index in [0.29, 0.717) is 23.9 Å². The first kappa shape index (κ1) is 21.0. The number of amides is 1. The van der Waals surface area contributed by atoms with Gasteiger partial charge in [0.15, 0.2) is 0 Å². The lowest BCUT2D eigenvalue weighted by molar-refractivity contribution is 0.0144. The van der Waals surface area contributed by atoms with Crippen molar-refractivity contribution in [2.24, 2.45) is 0 Å². The average Bonchev–Trinajstić information content (AvgIpc) is 3.55. The van der Waals surface area contributed by atoms with E-state index in [0.717, 1.165) is 59.9 Å². The molecule has 3 aromatic rings. The predicted molar refractivity (Wildman–Crippen MR) is 126 cm³/mol. The van der Waals surface area contributed by atoms with Crippen molar-refractivity contribution in [1.82, 2.24) is 25.2 Å². The molecule has 4 heterocycles. The van der Waals surface area contributed by atoms with Crippen LogP contribution in [0.3, 0.4) is 0 Å². The van der Waals surface area contributed by atoms with Crippen molar-refractivity contribution in [3.05, 3.63) is 57.8 Å². The zero-order valence-electron chi connectivity index (χ0n) is 17.9. The Morgan fingerprint density at radius 3 is 2.78 bits per heavy atom. The fraction of sp³-hybridized carbons (Fsp3) is 0.391. The standard InChI is InChI=1S/C23H26N5O3P/c1-2-14-6-18-19(27-22(14)29)5-13(8-24-18)10-28-11-17(12-28)31-16-7-20(32)21(25-9-16)23(30)26-15-3-4-15/h5-9,15,17H,2-4,10-12,32H2,1H3,(H,26,30)(H,27,29). The summed E-state index contributed by atoms with van der Waals surface area (Å²) < 4.78 is 6.03. The summed E-state index contributed by atoms with van der Waals surface area (Å²) in [5, 5.41) is 3.69. The van der Waals surface area contributed by atoms with Crippen LogP contribution in [0.5, 0.6) is 5.75 Å². The van der Waals surface area contributed by atoms with Gasteiger partial charge >= 0.3 is 0 Å². The zero-order valence-corrected chi connectivity index (χ0v) is 19.1. The van der Waals surface area contributed by atoms with Gasteiger partial charge in [0, 0.05) is 42.7 Å². The number of carbonyl (C=O) groups excluding carboxylic acids is 1. The number of aromatic nitrogens is 3. The van der Waals surface area contributed by atoms with Crippen LogP contribution in [0.4, 0.5) is 0 Å². The Hall–Kier alpha value is -2.83. The number of carbonyl (C=O) groups is 1. The van der Waals surface area contributed by atoms with E-state index in [1.54, 1.807) is 6.20 Å². The molecule has 1 atom stereocenters. The molecule has 2 fully saturated rings. The van der Waals surface area contributed by atoms with Crippen molar-refractivity contribution >= 4 is 31.5 Å². The number of ether oxygens (including phenoxy) is 1. The highest BCUT2D eigenvalue weighted by atomic mass is 31.0. The fourth-order valence-corrected chi connectivity index (χ4v) is 4.26. The van der Waals surface area contributed by atoms with Crippen LogP contribution in [-0.2, 0) is 13.0 Å². The zero-order chi connectivity index (χ0) is 22.2. The van der Waals surface area contributed by atoms with Gasteiger partial charge in [-0.25, -0.2) is 4.98 Å². The number of H-pyrrole nitrogens is 1. The van der Waals surface area contributed by atoms with Gasteiger partial charge in [-0.05, 0) is 43.0 Å². The summed E-state index contributed by atoms with van der Waals surface area (Å²) in [4.78, 5) is 38.3. The summed E-state index contributed by atoms with van der Waals surface area (Å²) in [6.45, 7) is 4.29. The lowest BCUT2D eigenvalue weighted by atomic mass is 10.1. The molecule has 9 heteroatoms. The van der Waals surface area contributed by atoms with Gasteiger partial charge in [0.25, 0.3) is 11.5 Å². The molecule has 2 N–H and O–H groups in total. The summed E-state index contributed by atoms with van der Waals surface area (Å²) in [6.07, 6.45) is 6.34. The number of pyridine rings is 3. The largest absolute Gasteiger partial charge is 0.486 e. The second-order valence-electron chi connectivity index (χ2n) is 8.54. The molecule has 8 nitrogen and oxygen atoms in total. The number of fused-ring (bicyclic) bond motifs is 1. The van der Waals surface area contributed by atoms with Crippen LogP contribution in [0, 0.1) is 0 Å². The molecule has 0 radical (unpaired) electrons. The minimum Gasteiger partial charge on any atom is -0.486 e. The highest BCUT2D eigenvalue weighted by Crippen LogP contribution is 2.22. The molecule has 32 heavy (non-hydrogen) atoms. The van der Waals surface area contributed by atoms with Crippen LogP contribution in [0.2, 0.25) is 0 Å². The van der Waals surface area contributed by atoms with Crippen molar-refractivity contribution in [2.45, 2.75) is 44.9 Å². The molecule has 2 aliphatic rings. The quantitative estimate of drug-likeness (QED) is 0.529. The van der Waals surface area contributed by atoms with Crippen LogP contribution in [0.15, 0.2) is 35.4 Å². The molecule has 1 amide bonds. The van der Waals surface area contributed by atoms with Gasteiger partial charge in [0.1, 0.15) is 17.5 Å². The van der Waals surface area contributed by atoms with Crippen molar-refractivity contribution in [3.8, 4) is 5.75 Å². The molecule has 0 aromatic carbocycles. The molecule has 1 aliphatic heterocycles. The fourth-order valence-electron chi connectivity index (χ4n) is 3.89. The van der Waals surface area contributed by atoms with E-state index < -0.39 is 0 Å². The van der Waals surface area contributed by atoms with Crippen LogP contribution < -0.4 is 20.9 Å². The second kappa shape index (κ2) is 8.60. The summed E-state index contributed by atoms with van der Waals surface area (Å²) in [6, 6.07) is 6.00. The van der Waals surface area contributed by atoms with Crippen molar-refractivity contribution < 1.29 is 9.53 Å². The summed E-state index contributed by atoms with van der Waals surface area (Å²) in [5.74, 6) is 0.537. The Bertz CT molecular complexity index is 1230. The van der Waals surface area contributed by atoms with E-state index in [4.69, 9.17) is 4.74 Å². The highest BCUT2D eigenvalue weighted by molar-refractivity contribution is 7.27. The first-order chi connectivity index (χ1) is 15.5. The van der Waals surface area contributed by atoms with Gasteiger partial charge in [-0.3, -0.25) is 19.5 Å². The predicted octanol–water partition coefficient (Wildman–Crippen LogP) is 1.54. The van der Waals surface area contributed by atoms with E-state index >= 15 is 0 Å². The van der Waals surface area contributed by atoms with Crippen molar-refractivity contribution in [1.29, 1.82) is 0 Å². The Morgan fingerprint density at radius 2 is 2.06 bits per heavy atom. The minimum absolute atomic E-state index is 0.0468. The van der Waals surface area contributed by atoms with Crippen LogP contribution >= 0.6 is 9.24 Å². The van der Waals surface area contributed by atoms with E-state index in [1.165, 1.54) is 0 Å². The lowest BCUT2D eigenvalue weighted by Crippen LogP contribution is -2.53. The topological polar surface area (TPSA) is 100 Å². The summed E-state index contributed by atoms with van der Waals surface area (Å²) in [5.41, 5.74) is 3.76. The Kier molecular flexibility index (Phi) is 5.66. The molecule has 5 rings (SSSR count). The van der Waals surface area contributed by atoms with E-state index in [9.17, 15) is 9.59 Å². The Morgan fingerprint density at radius 1 is 1.25 bits per heavy atom. The second-order valence-corrected chi connectivity index (χ2v) is 9.17. The number of rotatable bonds is 7. The molecular formula is C23H26N5O3P. The number of aromatic amines is 1. The summed E-state index contributed by atoms with van der Waals surface area (Å²) in [7, 11) is 2.57. The van der Waals surface area contributed by atoms with Gasteiger partial charge in [-0.15, -0.1) is 9.24 Å². The maximum Gasteiger partial charge on any atom is 0.270 e. The first-order valence-corrected chi connectivity index (χ1v) is 11.5. The summed E-state index contributed by atoms with van der Waals surface area (Å²) >= 11 is 0. The maximum atomic E-state index is 12.2. The van der Waals surface area contributed by atoms with Gasteiger partial charge in [-0.2, -0.15) is 0 Å². The minimum atomic E-state index is -0.130. The van der Waals surface area contributed by atoms with Gasteiger partial charge < -0.3 is 15.0 Å². The van der Waals surface area contributed by atoms with Crippen LogP contribution in [-0.4, -0.2) is 51.0 Å². The molecule has 0 spiro atoms. The van der Waals surface area contributed by atoms with E-state index in [1.807, 2.05) is 31.3 Å². The molecule has 3 aromatic heterocycles. The number of nitrogens with zero attached hydrogens (tertiary/aromatic N) is 3. The third-order valence-corrected chi connectivity index (χ3v) is 6.30. The Labute approximate surface area is 188 Å². The van der Waals surface area contributed by atoms with Gasteiger partial charge in [0.2, 0.25) is 0 Å². The van der Waals surface area contributed by atoms with Crippen LogP contribution in [0.25, 0.3) is 11.0 Å². The number of hydrogen-bond acceptors (Lipinski definition) is 6. The number of aryl methyl sites for hydroxylation is 1. The third kappa shape index (κ3) is 4.52. The van der Waals surface area contributed by atoms with E-state index in [2.05, 4.69) is 34.4 Å². The number of nitrogens with one attached hydrogen (secondary N) is 2. The van der Waals surface area contributed by atoms with Crippen molar-refractivity contribution in [2.75, 3.05) is 13.1 Å². The molecular weight excluding hydrogens is 425 g/mol. The van der Waals surface area contributed by atoms with Gasteiger partial charge in [0.05, 0.1) is 17.2 Å². The smallest absolute Gasteiger partial charge is 0.270 e. The molecule has 1 saturated carbocycles. The Balaban J connectivity index is 1.16. The van der Waals surface area contributed by atoms with E-state index in [-0.39, 0.29) is 17.6 Å². The molecule has 1 unspecified atom stereocenters. The molecule has 166 valence electrons. The van der Waals surface area contributed by atoms with Crippen LogP contribution in [0.1, 0.15) is 41.4 Å². The average molecular weight is 451 g/mol. The monoisotopic (exact) mass is 451 g/mol.